The van der Waals surface area contributed by atoms with Gasteiger partial charge in [-0.05, 0) is 30.7 Å². The number of nitrogens with one attached hydrogen (secondary N) is 1. The first-order chi connectivity index (χ1) is 7.40. The van der Waals surface area contributed by atoms with Crippen LogP contribution in [-0.4, -0.2) is 6.04 Å². The first kappa shape index (κ1) is 10.7. The molecule has 0 unspecified atom stereocenters. The Kier molecular flexibility index (Phi) is 3.75. The van der Waals surface area contributed by atoms with Gasteiger partial charge in [0.2, 0.25) is 0 Å². The van der Waals surface area contributed by atoms with E-state index in [-0.39, 0.29) is 0 Å². The third-order valence-corrected chi connectivity index (χ3v) is 3.46. The summed E-state index contributed by atoms with van der Waals surface area (Å²) in [5.74, 6) is 6.31. The molecule has 0 spiro atoms. The van der Waals surface area contributed by atoms with Crippen molar-refractivity contribution in [1.82, 2.24) is 5.43 Å². The molecule has 2 nitrogen and oxygen atoms in total. The van der Waals surface area contributed by atoms with Crippen molar-refractivity contribution < 1.29 is 0 Å². The highest BCUT2D eigenvalue weighted by atomic mass is 15.2. The van der Waals surface area contributed by atoms with Gasteiger partial charge in [-0.1, -0.05) is 43.2 Å². The predicted molar refractivity (Wildman–Crippen MR) is 63.2 cm³/mol. The van der Waals surface area contributed by atoms with E-state index < -0.39 is 0 Å². The number of hydrazine groups is 1. The molecule has 1 saturated carbocycles. The minimum atomic E-state index is 0.513. The standard InChI is InChI=1S/C13H20N2/c14-15-13-9-5-4-8-12(13)10-11-6-2-1-3-7-11/h1-3,6-7,12-13,15H,4-5,8-10,14H2/t12-,13+/m0/s1. The van der Waals surface area contributed by atoms with Crippen molar-refractivity contribution in [3.05, 3.63) is 35.9 Å². The molecule has 1 aromatic rings. The van der Waals surface area contributed by atoms with Crippen molar-refractivity contribution in [1.29, 1.82) is 0 Å². The van der Waals surface area contributed by atoms with E-state index in [0.29, 0.717) is 12.0 Å². The van der Waals surface area contributed by atoms with Crippen molar-refractivity contribution in [2.45, 2.75) is 38.1 Å². The van der Waals surface area contributed by atoms with Gasteiger partial charge < -0.3 is 0 Å². The predicted octanol–water partition coefficient (Wildman–Crippen LogP) is 2.25. The van der Waals surface area contributed by atoms with E-state index in [0.717, 1.165) is 6.42 Å². The Bertz CT molecular complexity index is 284. The smallest absolute Gasteiger partial charge is 0.0241 e. The first-order valence-corrected chi connectivity index (χ1v) is 5.90. The second-order valence-electron chi connectivity index (χ2n) is 4.51. The molecule has 0 heterocycles. The number of rotatable bonds is 3. The third-order valence-electron chi connectivity index (χ3n) is 3.46. The average Bonchev–Trinajstić information content (AvgIpc) is 2.31. The SMILES string of the molecule is NN[C@@H]1CCCC[C@H]1Cc1ccccc1. The van der Waals surface area contributed by atoms with E-state index >= 15 is 0 Å². The van der Waals surface area contributed by atoms with Gasteiger partial charge in [-0.3, -0.25) is 11.3 Å². The van der Waals surface area contributed by atoms with Crippen LogP contribution in [0.15, 0.2) is 30.3 Å². The van der Waals surface area contributed by atoms with Gasteiger partial charge in [-0.2, -0.15) is 0 Å². The molecule has 2 rings (SSSR count). The van der Waals surface area contributed by atoms with Crippen LogP contribution in [0.5, 0.6) is 0 Å². The summed E-state index contributed by atoms with van der Waals surface area (Å²) in [7, 11) is 0. The molecule has 0 aromatic heterocycles. The van der Waals surface area contributed by atoms with Crippen LogP contribution >= 0.6 is 0 Å². The van der Waals surface area contributed by atoms with Gasteiger partial charge >= 0.3 is 0 Å². The molecule has 2 heteroatoms. The van der Waals surface area contributed by atoms with Crippen LogP contribution in [0.1, 0.15) is 31.2 Å². The van der Waals surface area contributed by atoms with E-state index in [1.807, 2.05) is 0 Å². The minimum Gasteiger partial charge on any atom is -0.271 e. The first-order valence-electron chi connectivity index (χ1n) is 5.90. The molecule has 0 saturated heterocycles. The van der Waals surface area contributed by atoms with E-state index in [1.54, 1.807) is 0 Å². The third kappa shape index (κ3) is 2.80. The number of hydrogen-bond acceptors (Lipinski definition) is 2. The Balaban J connectivity index is 1.97. The fourth-order valence-electron chi connectivity index (χ4n) is 2.59. The van der Waals surface area contributed by atoms with Gasteiger partial charge in [0, 0.05) is 6.04 Å². The van der Waals surface area contributed by atoms with Crippen molar-refractivity contribution in [2.75, 3.05) is 0 Å². The Hall–Kier alpha value is -0.860. The fourth-order valence-corrected chi connectivity index (χ4v) is 2.59. The van der Waals surface area contributed by atoms with Crippen LogP contribution in [-0.2, 0) is 6.42 Å². The summed E-state index contributed by atoms with van der Waals surface area (Å²) in [6.45, 7) is 0. The van der Waals surface area contributed by atoms with Crippen molar-refractivity contribution >= 4 is 0 Å². The number of nitrogens with two attached hydrogens (primary N) is 1. The largest absolute Gasteiger partial charge is 0.271 e. The summed E-state index contributed by atoms with van der Waals surface area (Å²) in [6, 6.07) is 11.2. The van der Waals surface area contributed by atoms with Gasteiger partial charge in [0.05, 0.1) is 0 Å². The zero-order valence-corrected chi connectivity index (χ0v) is 9.15. The Morgan fingerprint density at radius 1 is 1.13 bits per heavy atom. The highest BCUT2D eigenvalue weighted by molar-refractivity contribution is 5.15. The van der Waals surface area contributed by atoms with E-state index in [9.17, 15) is 0 Å². The van der Waals surface area contributed by atoms with Crippen LogP contribution in [0.2, 0.25) is 0 Å². The summed E-state index contributed by atoms with van der Waals surface area (Å²) >= 11 is 0. The molecule has 1 fully saturated rings. The maximum Gasteiger partial charge on any atom is 0.0241 e. The molecule has 0 bridgehead atoms. The van der Waals surface area contributed by atoms with Crippen molar-refractivity contribution in [3.8, 4) is 0 Å². The summed E-state index contributed by atoms with van der Waals surface area (Å²) in [5.41, 5.74) is 4.41. The molecule has 3 N–H and O–H groups in total. The summed E-state index contributed by atoms with van der Waals surface area (Å²) in [6.07, 6.45) is 6.38. The van der Waals surface area contributed by atoms with Gasteiger partial charge in [0.1, 0.15) is 0 Å². The maximum atomic E-state index is 5.60. The topological polar surface area (TPSA) is 38.0 Å². The fraction of sp³-hybridized carbons (Fsp3) is 0.538. The molecule has 1 aliphatic rings. The van der Waals surface area contributed by atoms with Gasteiger partial charge in [-0.25, -0.2) is 0 Å². The molecular weight excluding hydrogens is 184 g/mol. The zero-order valence-electron chi connectivity index (χ0n) is 9.15. The Morgan fingerprint density at radius 2 is 1.87 bits per heavy atom. The Morgan fingerprint density at radius 3 is 2.60 bits per heavy atom. The van der Waals surface area contributed by atoms with Crippen LogP contribution in [0.3, 0.4) is 0 Å². The van der Waals surface area contributed by atoms with Crippen LogP contribution in [0, 0.1) is 5.92 Å². The Labute approximate surface area is 91.8 Å². The second-order valence-corrected chi connectivity index (χ2v) is 4.51. The van der Waals surface area contributed by atoms with Crippen LogP contribution in [0.4, 0.5) is 0 Å². The molecule has 2 atom stereocenters. The molecule has 15 heavy (non-hydrogen) atoms. The second kappa shape index (κ2) is 5.29. The lowest BCUT2D eigenvalue weighted by molar-refractivity contribution is 0.263. The van der Waals surface area contributed by atoms with E-state index in [2.05, 4.69) is 35.8 Å². The van der Waals surface area contributed by atoms with Crippen molar-refractivity contribution in [2.24, 2.45) is 11.8 Å². The lowest BCUT2D eigenvalue weighted by Gasteiger charge is -2.31. The maximum absolute atomic E-state index is 5.60. The summed E-state index contributed by atoms with van der Waals surface area (Å²) in [4.78, 5) is 0. The number of benzene rings is 1. The summed E-state index contributed by atoms with van der Waals surface area (Å²) < 4.78 is 0. The molecule has 0 aliphatic heterocycles. The highest BCUT2D eigenvalue weighted by Crippen LogP contribution is 2.26. The molecule has 1 aliphatic carbocycles. The van der Waals surface area contributed by atoms with Gasteiger partial charge in [0.25, 0.3) is 0 Å². The average molecular weight is 204 g/mol. The van der Waals surface area contributed by atoms with Gasteiger partial charge in [0.15, 0.2) is 0 Å². The van der Waals surface area contributed by atoms with E-state index in [1.165, 1.54) is 31.2 Å². The molecule has 82 valence electrons. The van der Waals surface area contributed by atoms with Gasteiger partial charge in [-0.15, -0.1) is 0 Å². The molecular formula is C13H20N2. The molecule has 0 amide bonds. The number of hydrogen-bond donors (Lipinski definition) is 2. The van der Waals surface area contributed by atoms with E-state index in [4.69, 9.17) is 5.84 Å². The zero-order chi connectivity index (χ0) is 10.5. The lowest BCUT2D eigenvalue weighted by atomic mass is 9.81. The summed E-state index contributed by atoms with van der Waals surface area (Å²) in [5, 5.41) is 0. The molecule has 0 radical (unpaired) electrons. The van der Waals surface area contributed by atoms with Crippen LogP contribution < -0.4 is 11.3 Å². The lowest BCUT2D eigenvalue weighted by Crippen LogP contribution is -2.43. The van der Waals surface area contributed by atoms with Crippen molar-refractivity contribution in [3.63, 3.8) is 0 Å². The van der Waals surface area contributed by atoms with Crippen LogP contribution in [0.25, 0.3) is 0 Å². The monoisotopic (exact) mass is 204 g/mol. The molecule has 1 aromatic carbocycles. The quantitative estimate of drug-likeness (QED) is 0.585. The highest BCUT2D eigenvalue weighted by Gasteiger charge is 2.23. The normalized spacial score (nSPS) is 26.5. The minimum absolute atomic E-state index is 0.513.